The van der Waals surface area contributed by atoms with Crippen LogP contribution in [0.25, 0.3) is 11.0 Å². The summed E-state index contributed by atoms with van der Waals surface area (Å²) in [5.41, 5.74) is 2.21. The molecule has 0 aliphatic carbocycles. The number of nitrogens with zero attached hydrogens (tertiary/aromatic N) is 2. The Morgan fingerprint density at radius 1 is 1.36 bits per heavy atom. The summed E-state index contributed by atoms with van der Waals surface area (Å²) in [6.45, 7) is 0. The number of hydrogen-bond acceptors (Lipinski definition) is 2. The van der Waals surface area contributed by atoms with Crippen molar-refractivity contribution in [2.75, 3.05) is 0 Å². The van der Waals surface area contributed by atoms with Gasteiger partial charge in [0.25, 0.3) is 0 Å². The van der Waals surface area contributed by atoms with Crippen LogP contribution in [0.5, 0.6) is 0 Å². The van der Waals surface area contributed by atoms with Crippen molar-refractivity contribution in [3.63, 3.8) is 0 Å². The summed E-state index contributed by atoms with van der Waals surface area (Å²) < 4.78 is 2.08. The molecule has 2 nitrogen and oxygen atoms in total. The van der Waals surface area contributed by atoms with Crippen molar-refractivity contribution in [1.82, 2.24) is 8.29 Å². The molecule has 0 unspecified atom stereocenters. The molecule has 0 bridgehead atoms. The second kappa shape index (κ2) is 2.61. The Morgan fingerprint density at radius 2 is 2.09 bits per heavy atom. The molecule has 11 heavy (non-hydrogen) atoms. The number of aromatic nitrogens is 2. The minimum absolute atomic E-state index is 0.811. The fourth-order valence-corrected chi connectivity index (χ4v) is 1.99. The van der Waals surface area contributed by atoms with Gasteiger partial charge in [-0.05, 0) is 0 Å². The van der Waals surface area contributed by atoms with E-state index in [0.717, 1.165) is 29.2 Å². The van der Waals surface area contributed by atoms with Crippen molar-refractivity contribution >= 4 is 23.7 Å². The first-order valence-corrected chi connectivity index (χ1v) is 5.04. The molecular weight excluding hydrogens is 210 g/mol. The molecule has 1 aromatic carbocycles. The minimum atomic E-state index is 0.811. The van der Waals surface area contributed by atoms with Crippen LogP contribution in [-0.4, -0.2) is 8.29 Å². The third-order valence-corrected chi connectivity index (χ3v) is 3.88. The number of imidazole rings is 1. The molecule has 2 rings (SSSR count). The molecule has 0 aliphatic heterocycles. The Hall–Kier alpha value is -0.337. The summed E-state index contributed by atoms with van der Waals surface area (Å²) in [4.78, 5) is 4.27. The average molecular weight is 215 g/mol. The average Bonchev–Trinajstić information content (AvgIpc) is 2.30. The number of rotatable bonds is 0. The topological polar surface area (TPSA) is 17.8 Å². The van der Waals surface area contributed by atoms with Gasteiger partial charge in [-0.3, -0.25) is 0 Å². The molecule has 0 aliphatic rings. The van der Waals surface area contributed by atoms with Gasteiger partial charge < -0.3 is 0 Å². The maximum atomic E-state index is 4.27. The molecule has 0 N–H and O–H groups in total. The molecule has 0 radical (unpaired) electrons. The first-order valence-electron chi connectivity index (χ1n) is 3.26. The summed E-state index contributed by atoms with van der Waals surface area (Å²) in [5, 5.41) is 0.811. The SMILES string of the molecule is Sc1nc2ccccc2[n]1[Zn]. The van der Waals surface area contributed by atoms with E-state index in [-0.39, 0.29) is 0 Å². The van der Waals surface area contributed by atoms with Gasteiger partial charge in [-0.1, -0.05) is 0 Å². The van der Waals surface area contributed by atoms with Gasteiger partial charge in [0.05, 0.1) is 0 Å². The van der Waals surface area contributed by atoms with E-state index in [4.69, 9.17) is 0 Å². The van der Waals surface area contributed by atoms with Crippen LogP contribution in [0.2, 0.25) is 0 Å². The van der Waals surface area contributed by atoms with Gasteiger partial charge in [0.2, 0.25) is 0 Å². The molecular formula is C7H5N2SZn. The van der Waals surface area contributed by atoms with Gasteiger partial charge in [-0.25, -0.2) is 0 Å². The molecule has 4 heteroatoms. The van der Waals surface area contributed by atoms with Crippen molar-refractivity contribution in [2.24, 2.45) is 0 Å². The van der Waals surface area contributed by atoms with Crippen LogP contribution in [0.4, 0.5) is 0 Å². The Labute approximate surface area is 80.0 Å². The number of thiol groups is 1. The molecule has 0 spiro atoms. The van der Waals surface area contributed by atoms with E-state index in [9.17, 15) is 0 Å². The van der Waals surface area contributed by atoms with E-state index in [0.29, 0.717) is 0 Å². The molecule has 0 atom stereocenters. The van der Waals surface area contributed by atoms with Gasteiger partial charge >= 0.3 is 79.9 Å². The van der Waals surface area contributed by atoms with Crippen molar-refractivity contribution in [3.8, 4) is 0 Å². The molecule has 1 heterocycles. The van der Waals surface area contributed by atoms with E-state index in [1.165, 1.54) is 5.52 Å². The third-order valence-electron chi connectivity index (χ3n) is 1.63. The first-order chi connectivity index (χ1) is 5.29. The van der Waals surface area contributed by atoms with Crippen LogP contribution >= 0.6 is 12.6 Å². The van der Waals surface area contributed by atoms with Crippen LogP contribution in [0.15, 0.2) is 29.4 Å². The summed E-state index contributed by atoms with van der Waals surface area (Å²) in [5.74, 6) is 0. The summed E-state index contributed by atoms with van der Waals surface area (Å²) >= 11 is 5.28. The monoisotopic (exact) mass is 213 g/mol. The van der Waals surface area contributed by atoms with Crippen LogP contribution < -0.4 is 0 Å². The zero-order chi connectivity index (χ0) is 7.84. The first kappa shape index (κ1) is 7.32. The molecule has 0 saturated carbocycles. The van der Waals surface area contributed by atoms with Crippen LogP contribution in [0, 0.1) is 0 Å². The molecule has 0 saturated heterocycles. The molecule has 1 aromatic heterocycles. The van der Waals surface area contributed by atoms with E-state index < -0.39 is 0 Å². The Kier molecular flexibility index (Phi) is 1.74. The van der Waals surface area contributed by atoms with E-state index in [1.807, 2.05) is 18.2 Å². The maximum absolute atomic E-state index is 4.27. The summed E-state index contributed by atoms with van der Waals surface area (Å²) in [6, 6.07) is 8.07. The second-order valence-electron chi connectivity index (χ2n) is 2.33. The van der Waals surface area contributed by atoms with E-state index in [1.54, 1.807) is 0 Å². The third kappa shape index (κ3) is 1.10. The Bertz CT molecular complexity index is 396. The molecule has 0 fully saturated rings. The number of hydrogen-bond donors (Lipinski definition) is 1. The van der Waals surface area contributed by atoms with Crippen LogP contribution in [0.3, 0.4) is 0 Å². The number of benzene rings is 1. The van der Waals surface area contributed by atoms with Crippen molar-refractivity contribution in [2.45, 2.75) is 5.16 Å². The fraction of sp³-hybridized carbons (Fsp3) is 0. The van der Waals surface area contributed by atoms with Gasteiger partial charge in [0, 0.05) is 0 Å². The van der Waals surface area contributed by atoms with Crippen molar-refractivity contribution < 1.29 is 18.5 Å². The number of para-hydroxylation sites is 2. The normalized spacial score (nSPS) is 10.8. The number of fused-ring (bicyclic) bond motifs is 1. The van der Waals surface area contributed by atoms with Gasteiger partial charge in [0.15, 0.2) is 0 Å². The second-order valence-corrected chi connectivity index (χ2v) is 4.06. The van der Waals surface area contributed by atoms with E-state index >= 15 is 0 Å². The standard InChI is InChI=1S/C7H5N2S.Zn/c10-7-8-5-3-1-2-4-6(5)9-7;/h1-4H,(H-,8,9,10);/q-1;+1. The molecule has 0 amide bonds. The predicted octanol–water partition coefficient (Wildman–Crippen LogP) is 1.63. The zero-order valence-corrected chi connectivity index (χ0v) is 9.72. The predicted molar refractivity (Wildman–Crippen MR) is 42.4 cm³/mol. The zero-order valence-electron chi connectivity index (χ0n) is 5.86. The summed E-state index contributed by atoms with van der Waals surface area (Å²) in [6.07, 6.45) is 0. The molecule has 2 aromatic rings. The Morgan fingerprint density at radius 3 is 2.82 bits per heavy atom. The van der Waals surface area contributed by atoms with E-state index in [2.05, 4.69) is 27.0 Å². The van der Waals surface area contributed by atoms with Gasteiger partial charge in [-0.2, -0.15) is 0 Å². The quantitative estimate of drug-likeness (QED) is 0.521. The van der Waals surface area contributed by atoms with Crippen LogP contribution in [-0.2, 0) is 18.5 Å². The fourth-order valence-electron chi connectivity index (χ4n) is 1.06. The van der Waals surface area contributed by atoms with Crippen molar-refractivity contribution in [3.05, 3.63) is 24.3 Å². The Balaban J connectivity index is 2.92. The van der Waals surface area contributed by atoms with Gasteiger partial charge in [-0.15, -0.1) is 0 Å². The molecule has 51 valence electrons. The summed E-state index contributed by atoms with van der Waals surface area (Å²) in [7, 11) is 0. The van der Waals surface area contributed by atoms with Crippen molar-refractivity contribution in [1.29, 1.82) is 0 Å². The van der Waals surface area contributed by atoms with Gasteiger partial charge in [0.1, 0.15) is 0 Å². The van der Waals surface area contributed by atoms with Crippen LogP contribution in [0.1, 0.15) is 0 Å².